The summed E-state index contributed by atoms with van der Waals surface area (Å²) in [5.74, 6) is 1.73. The van der Waals surface area contributed by atoms with Gasteiger partial charge < -0.3 is 30.3 Å². The Bertz CT molecular complexity index is 1010. The van der Waals surface area contributed by atoms with E-state index < -0.39 is 6.10 Å². The Kier molecular flexibility index (Phi) is 6.60. The number of benzene rings is 3. The molecule has 2 atom stereocenters. The zero-order chi connectivity index (χ0) is 21.6. The number of nitrogens with one attached hydrogen (secondary N) is 2. The molecule has 0 amide bonds. The van der Waals surface area contributed by atoms with Gasteiger partial charge in [0.15, 0.2) is 11.5 Å². The third-order valence-corrected chi connectivity index (χ3v) is 5.37. The van der Waals surface area contributed by atoms with E-state index in [1.807, 2.05) is 48.5 Å². The van der Waals surface area contributed by atoms with E-state index in [9.17, 15) is 10.2 Å². The van der Waals surface area contributed by atoms with Gasteiger partial charge in [0, 0.05) is 19.1 Å². The third kappa shape index (κ3) is 5.48. The molecule has 31 heavy (non-hydrogen) atoms. The van der Waals surface area contributed by atoms with Crippen molar-refractivity contribution in [1.29, 1.82) is 0 Å². The normalized spacial score (nSPS) is 14.3. The van der Waals surface area contributed by atoms with Crippen LogP contribution in [0.25, 0.3) is 0 Å². The molecule has 2 unspecified atom stereocenters. The van der Waals surface area contributed by atoms with Crippen LogP contribution in [0.1, 0.15) is 29.7 Å². The monoisotopic (exact) mass is 420 g/mol. The molecule has 0 aromatic heterocycles. The van der Waals surface area contributed by atoms with Crippen molar-refractivity contribution in [3.63, 3.8) is 0 Å². The lowest BCUT2D eigenvalue weighted by Gasteiger charge is -2.19. The summed E-state index contributed by atoms with van der Waals surface area (Å²) in [7, 11) is 0. The minimum Gasteiger partial charge on any atom is -0.506 e. The molecule has 4 N–H and O–H groups in total. The second-order valence-electron chi connectivity index (χ2n) is 7.83. The fraction of sp³-hybridized carbons (Fsp3) is 0.280. The number of rotatable bonds is 9. The van der Waals surface area contributed by atoms with Crippen LogP contribution in [0, 0.1) is 0 Å². The second kappa shape index (κ2) is 9.73. The molecule has 0 fully saturated rings. The third-order valence-electron chi connectivity index (χ3n) is 5.37. The van der Waals surface area contributed by atoms with Crippen molar-refractivity contribution in [1.82, 2.24) is 5.32 Å². The predicted molar refractivity (Wildman–Crippen MR) is 121 cm³/mol. The molecule has 0 bridgehead atoms. The van der Waals surface area contributed by atoms with Crippen molar-refractivity contribution in [2.75, 3.05) is 18.7 Å². The molecule has 1 aliphatic rings. The first-order valence-corrected chi connectivity index (χ1v) is 10.5. The Balaban J connectivity index is 1.31. The molecule has 6 nitrogen and oxygen atoms in total. The van der Waals surface area contributed by atoms with Gasteiger partial charge in [0.2, 0.25) is 6.79 Å². The SMILES string of the molecule is CC(Cc1ccc2c(c1)OCO2)NCC(O)c1ccc(O)c(NCc2ccccc2)c1. The number of phenolic OH excluding ortho intramolecular Hbond substituents is 1. The molecular weight excluding hydrogens is 392 g/mol. The highest BCUT2D eigenvalue weighted by Crippen LogP contribution is 2.33. The number of hydrogen-bond acceptors (Lipinski definition) is 6. The van der Waals surface area contributed by atoms with Crippen LogP contribution in [0.4, 0.5) is 5.69 Å². The lowest BCUT2D eigenvalue weighted by molar-refractivity contribution is 0.170. The Morgan fingerprint density at radius 3 is 2.58 bits per heavy atom. The van der Waals surface area contributed by atoms with Crippen LogP contribution in [0.3, 0.4) is 0 Å². The molecular formula is C25H28N2O4. The van der Waals surface area contributed by atoms with Crippen molar-refractivity contribution >= 4 is 5.69 Å². The second-order valence-corrected chi connectivity index (χ2v) is 7.83. The van der Waals surface area contributed by atoms with Gasteiger partial charge in [-0.25, -0.2) is 0 Å². The molecule has 0 spiro atoms. The van der Waals surface area contributed by atoms with Crippen molar-refractivity contribution in [2.24, 2.45) is 0 Å². The molecule has 0 saturated carbocycles. The largest absolute Gasteiger partial charge is 0.506 e. The Hall–Kier alpha value is -3.22. The average Bonchev–Trinajstić information content (AvgIpc) is 3.25. The van der Waals surface area contributed by atoms with Crippen LogP contribution in [0.2, 0.25) is 0 Å². The first kappa shape index (κ1) is 21.0. The van der Waals surface area contributed by atoms with Gasteiger partial charge in [-0.1, -0.05) is 42.5 Å². The summed E-state index contributed by atoms with van der Waals surface area (Å²) in [6.07, 6.45) is 0.125. The van der Waals surface area contributed by atoms with E-state index in [2.05, 4.69) is 17.6 Å². The number of anilines is 1. The molecule has 0 saturated heterocycles. The molecule has 0 aliphatic carbocycles. The Morgan fingerprint density at radius 1 is 0.935 bits per heavy atom. The van der Waals surface area contributed by atoms with Crippen LogP contribution in [0.5, 0.6) is 17.2 Å². The highest BCUT2D eigenvalue weighted by atomic mass is 16.7. The summed E-state index contributed by atoms with van der Waals surface area (Å²) >= 11 is 0. The van der Waals surface area contributed by atoms with E-state index in [4.69, 9.17) is 9.47 Å². The fourth-order valence-corrected chi connectivity index (χ4v) is 3.62. The number of aliphatic hydroxyl groups excluding tert-OH is 1. The number of fused-ring (bicyclic) bond motifs is 1. The van der Waals surface area contributed by atoms with E-state index in [1.165, 1.54) is 0 Å². The van der Waals surface area contributed by atoms with Crippen molar-refractivity contribution in [2.45, 2.75) is 32.0 Å². The van der Waals surface area contributed by atoms with Gasteiger partial charge in [-0.15, -0.1) is 0 Å². The lowest BCUT2D eigenvalue weighted by Crippen LogP contribution is -2.32. The summed E-state index contributed by atoms with van der Waals surface area (Å²) in [6.45, 7) is 3.36. The van der Waals surface area contributed by atoms with Gasteiger partial charge in [0.05, 0.1) is 11.8 Å². The number of aromatic hydroxyl groups is 1. The zero-order valence-corrected chi connectivity index (χ0v) is 17.5. The summed E-state index contributed by atoms with van der Waals surface area (Å²) in [4.78, 5) is 0. The quantitative estimate of drug-likeness (QED) is 0.392. The number of hydrogen-bond donors (Lipinski definition) is 4. The number of ether oxygens (including phenoxy) is 2. The first-order valence-electron chi connectivity index (χ1n) is 10.5. The highest BCUT2D eigenvalue weighted by molar-refractivity contribution is 5.58. The summed E-state index contributed by atoms with van der Waals surface area (Å²) in [5, 5.41) is 27.4. The van der Waals surface area contributed by atoms with Crippen LogP contribution in [-0.4, -0.2) is 29.6 Å². The number of aliphatic hydroxyl groups is 1. The van der Waals surface area contributed by atoms with Crippen molar-refractivity contribution < 1.29 is 19.7 Å². The van der Waals surface area contributed by atoms with Gasteiger partial charge in [0.25, 0.3) is 0 Å². The van der Waals surface area contributed by atoms with E-state index in [1.54, 1.807) is 18.2 Å². The lowest BCUT2D eigenvalue weighted by atomic mass is 10.0. The fourth-order valence-electron chi connectivity index (χ4n) is 3.62. The van der Waals surface area contributed by atoms with Gasteiger partial charge >= 0.3 is 0 Å². The summed E-state index contributed by atoms with van der Waals surface area (Å²) in [5.41, 5.74) is 3.62. The van der Waals surface area contributed by atoms with Crippen molar-refractivity contribution in [3.8, 4) is 17.2 Å². The first-order chi connectivity index (χ1) is 15.1. The van der Waals surface area contributed by atoms with E-state index in [0.29, 0.717) is 18.8 Å². The zero-order valence-electron chi connectivity index (χ0n) is 17.5. The maximum absolute atomic E-state index is 10.7. The van der Waals surface area contributed by atoms with E-state index >= 15 is 0 Å². The molecule has 1 aliphatic heterocycles. The molecule has 3 aromatic carbocycles. The van der Waals surface area contributed by atoms with Gasteiger partial charge in [-0.05, 0) is 54.3 Å². The summed E-state index contributed by atoms with van der Waals surface area (Å²) in [6, 6.07) is 21.3. The molecule has 162 valence electrons. The van der Waals surface area contributed by atoms with E-state index in [0.717, 1.165) is 34.6 Å². The maximum Gasteiger partial charge on any atom is 0.231 e. The van der Waals surface area contributed by atoms with Crippen LogP contribution < -0.4 is 20.1 Å². The molecule has 4 rings (SSSR count). The predicted octanol–water partition coefficient (Wildman–Crippen LogP) is 3.99. The highest BCUT2D eigenvalue weighted by Gasteiger charge is 2.15. The van der Waals surface area contributed by atoms with Crippen LogP contribution in [-0.2, 0) is 13.0 Å². The van der Waals surface area contributed by atoms with Gasteiger partial charge in [-0.3, -0.25) is 0 Å². The molecule has 1 heterocycles. The van der Waals surface area contributed by atoms with Crippen LogP contribution in [0.15, 0.2) is 66.7 Å². The Labute approximate surface area is 182 Å². The minimum absolute atomic E-state index is 0.163. The summed E-state index contributed by atoms with van der Waals surface area (Å²) < 4.78 is 10.8. The minimum atomic E-state index is -0.683. The van der Waals surface area contributed by atoms with Crippen LogP contribution >= 0.6 is 0 Å². The smallest absolute Gasteiger partial charge is 0.231 e. The van der Waals surface area contributed by atoms with Crippen molar-refractivity contribution in [3.05, 3.63) is 83.4 Å². The molecule has 6 heteroatoms. The van der Waals surface area contributed by atoms with Gasteiger partial charge in [-0.2, -0.15) is 0 Å². The topological polar surface area (TPSA) is 83.0 Å². The van der Waals surface area contributed by atoms with E-state index in [-0.39, 0.29) is 18.6 Å². The Morgan fingerprint density at radius 2 is 1.74 bits per heavy atom. The molecule has 0 radical (unpaired) electrons. The standard InChI is InChI=1S/C25H28N2O4/c1-17(11-19-7-10-24-25(12-19)31-16-30-24)26-15-23(29)20-8-9-22(28)21(13-20)27-14-18-5-3-2-4-6-18/h2-10,12-13,17,23,26-29H,11,14-16H2,1H3. The average molecular weight is 421 g/mol. The maximum atomic E-state index is 10.7. The number of phenols is 1. The van der Waals surface area contributed by atoms with Gasteiger partial charge in [0.1, 0.15) is 5.75 Å². The molecule has 3 aromatic rings.